The molecule has 23 heavy (non-hydrogen) atoms. The number of aromatic nitrogens is 2. The number of hydrazine groups is 1. The van der Waals surface area contributed by atoms with Crippen molar-refractivity contribution >= 4 is 27.3 Å². The summed E-state index contributed by atoms with van der Waals surface area (Å²) in [6, 6.07) is 1.87. The van der Waals surface area contributed by atoms with Crippen molar-refractivity contribution in [3.05, 3.63) is 33.8 Å². The second kappa shape index (κ2) is 6.42. The summed E-state index contributed by atoms with van der Waals surface area (Å²) in [5.41, 5.74) is 3.48. The van der Waals surface area contributed by atoms with Gasteiger partial charge in [0.05, 0.1) is 11.1 Å². The quantitative estimate of drug-likeness (QED) is 0.641. The van der Waals surface area contributed by atoms with Gasteiger partial charge < -0.3 is 0 Å². The minimum atomic E-state index is -3.81. The number of hydrogen-bond donors (Lipinski definition) is 2. The molecule has 0 saturated heterocycles. The highest BCUT2D eigenvalue weighted by Crippen LogP contribution is 2.28. The topological polar surface area (TPSA) is 93.1 Å². The van der Waals surface area contributed by atoms with Gasteiger partial charge in [-0.1, -0.05) is 6.42 Å². The van der Waals surface area contributed by atoms with E-state index in [1.807, 2.05) is 6.07 Å². The van der Waals surface area contributed by atoms with Gasteiger partial charge in [-0.05, 0) is 37.3 Å². The number of nitrogens with zero attached hydrogens (tertiary/aromatic N) is 2. The fraction of sp³-hybridized carbons (Fsp3) is 0.429. The summed E-state index contributed by atoms with van der Waals surface area (Å²) >= 11 is 1.44. The Labute approximate surface area is 138 Å². The standard InChI is InChI=1S/C14H18N4O3S2/c1-18-9-11(8-15-18)23(20,21)17-16-14(19)13-7-10-5-3-2-4-6-12(10)22-13/h7-9,17H,2-6H2,1H3,(H,16,19). The van der Waals surface area contributed by atoms with E-state index in [2.05, 4.69) is 15.4 Å². The summed E-state index contributed by atoms with van der Waals surface area (Å²) in [6.45, 7) is 0. The molecular formula is C14H18N4O3S2. The van der Waals surface area contributed by atoms with E-state index in [1.54, 1.807) is 7.05 Å². The Morgan fingerprint density at radius 2 is 2.09 bits per heavy atom. The van der Waals surface area contributed by atoms with E-state index in [0.29, 0.717) is 4.88 Å². The first-order valence-electron chi connectivity index (χ1n) is 7.38. The molecule has 0 unspecified atom stereocenters. The summed E-state index contributed by atoms with van der Waals surface area (Å²) in [7, 11) is -2.19. The molecule has 2 aromatic rings. The van der Waals surface area contributed by atoms with Gasteiger partial charge in [0, 0.05) is 18.1 Å². The van der Waals surface area contributed by atoms with Crippen LogP contribution in [0.15, 0.2) is 23.4 Å². The maximum Gasteiger partial charge on any atom is 0.276 e. The number of amides is 1. The number of thiophene rings is 1. The van der Waals surface area contributed by atoms with E-state index < -0.39 is 15.9 Å². The molecule has 0 radical (unpaired) electrons. The second-order valence-corrected chi connectivity index (χ2v) is 8.35. The van der Waals surface area contributed by atoms with Gasteiger partial charge in [-0.2, -0.15) is 5.10 Å². The summed E-state index contributed by atoms with van der Waals surface area (Å²) in [5.74, 6) is -0.435. The fourth-order valence-corrected chi connectivity index (χ4v) is 4.52. The summed E-state index contributed by atoms with van der Waals surface area (Å²) in [5, 5.41) is 3.81. The lowest BCUT2D eigenvalue weighted by molar-refractivity contribution is 0.0949. The van der Waals surface area contributed by atoms with Crippen molar-refractivity contribution in [3.63, 3.8) is 0 Å². The minimum absolute atomic E-state index is 0.00209. The lowest BCUT2D eigenvalue weighted by atomic mass is 10.1. The second-order valence-electron chi connectivity index (χ2n) is 5.53. The van der Waals surface area contributed by atoms with Gasteiger partial charge in [-0.3, -0.25) is 14.9 Å². The highest BCUT2D eigenvalue weighted by Gasteiger charge is 2.20. The largest absolute Gasteiger partial charge is 0.276 e. The van der Waals surface area contributed by atoms with E-state index in [0.717, 1.165) is 25.7 Å². The first kappa shape index (κ1) is 16.2. The number of fused-ring (bicyclic) bond motifs is 1. The van der Waals surface area contributed by atoms with E-state index in [9.17, 15) is 13.2 Å². The lowest BCUT2D eigenvalue weighted by Crippen LogP contribution is -2.41. The molecule has 0 aliphatic heterocycles. The van der Waals surface area contributed by atoms with Crippen molar-refractivity contribution in [2.45, 2.75) is 37.0 Å². The molecule has 1 aliphatic rings. The zero-order chi connectivity index (χ0) is 16.4. The number of carbonyl (C=O) groups excluding carboxylic acids is 1. The van der Waals surface area contributed by atoms with Gasteiger partial charge in [0.1, 0.15) is 4.90 Å². The smallest absolute Gasteiger partial charge is 0.274 e. The van der Waals surface area contributed by atoms with E-state index >= 15 is 0 Å². The van der Waals surface area contributed by atoms with Crippen molar-refractivity contribution < 1.29 is 13.2 Å². The molecule has 124 valence electrons. The zero-order valence-corrected chi connectivity index (χ0v) is 14.3. The maximum absolute atomic E-state index is 12.2. The molecule has 2 N–H and O–H groups in total. The summed E-state index contributed by atoms with van der Waals surface area (Å²) < 4.78 is 25.5. The molecule has 9 heteroatoms. The molecule has 2 aromatic heterocycles. The van der Waals surface area contributed by atoms with Crippen molar-refractivity contribution in [1.29, 1.82) is 0 Å². The van der Waals surface area contributed by atoms with Crippen molar-refractivity contribution in [2.24, 2.45) is 7.05 Å². The summed E-state index contributed by atoms with van der Waals surface area (Å²) in [4.78, 5) is 16.1. The number of nitrogens with one attached hydrogen (secondary N) is 2. The average Bonchev–Trinajstić information content (AvgIpc) is 3.07. The minimum Gasteiger partial charge on any atom is -0.274 e. The third kappa shape index (κ3) is 3.62. The van der Waals surface area contributed by atoms with Crippen LogP contribution in [0.3, 0.4) is 0 Å². The zero-order valence-electron chi connectivity index (χ0n) is 12.7. The number of sulfonamides is 1. The van der Waals surface area contributed by atoms with Crippen molar-refractivity contribution in [3.8, 4) is 0 Å². The number of carbonyl (C=O) groups is 1. The molecule has 1 aliphatic carbocycles. The molecule has 0 spiro atoms. The third-order valence-corrected chi connectivity index (χ3v) is 6.20. The summed E-state index contributed by atoms with van der Waals surface area (Å²) in [6.07, 6.45) is 8.06. The maximum atomic E-state index is 12.2. The number of rotatable bonds is 4. The predicted octanol–water partition coefficient (Wildman–Crippen LogP) is 1.37. The molecule has 3 rings (SSSR count). The van der Waals surface area contributed by atoms with E-state index in [-0.39, 0.29) is 4.90 Å². The van der Waals surface area contributed by atoms with Crippen LogP contribution in [0, 0.1) is 0 Å². The Morgan fingerprint density at radius 1 is 1.30 bits per heavy atom. The van der Waals surface area contributed by atoms with Crippen LogP contribution in [0.5, 0.6) is 0 Å². The van der Waals surface area contributed by atoms with Crippen molar-refractivity contribution in [1.82, 2.24) is 20.0 Å². The van der Waals surface area contributed by atoms with Crippen LogP contribution < -0.4 is 10.3 Å². The van der Waals surface area contributed by atoms with E-state index in [1.165, 1.54) is 45.3 Å². The first-order chi connectivity index (χ1) is 11.0. The van der Waals surface area contributed by atoms with Crippen LogP contribution in [0.2, 0.25) is 0 Å². The van der Waals surface area contributed by atoms with E-state index in [4.69, 9.17) is 0 Å². The molecule has 0 aromatic carbocycles. The molecule has 0 atom stereocenters. The van der Waals surface area contributed by atoms with Crippen LogP contribution in [-0.2, 0) is 29.9 Å². The highest BCUT2D eigenvalue weighted by atomic mass is 32.2. The Morgan fingerprint density at radius 3 is 2.83 bits per heavy atom. The molecule has 0 saturated carbocycles. The normalized spacial score (nSPS) is 15.0. The Bertz CT molecular complexity index is 799. The average molecular weight is 354 g/mol. The lowest BCUT2D eigenvalue weighted by Gasteiger charge is -2.05. The Balaban J connectivity index is 1.68. The van der Waals surface area contributed by atoms with Gasteiger partial charge in [-0.15, -0.1) is 16.2 Å². The van der Waals surface area contributed by atoms with Gasteiger partial charge >= 0.3 is 0 Å². The van der Waals surface area contributed by atoms with Gasteiger partial charge in [-0.25, -0.2) is 8.42 Å². The van der Waals surface area contributed by atoms with Crippen LogP contribution in [-0.4, -0.2) is 24.1 Å². The fourth-order valence-electron chi connectivity index (χ4n) is 2.55. The van der Waals surface area contributed by atoms with Gasteiger partial charge in [0.25, 0.3) is 15.9 Å². The van der Waals surface area contributed by atoms with Crippen LogP contribution >= 0.6 is 11.3 Å². The number of aryl methyl sites for hydroxylation is 3. The van der Waals surface area contributed by atoms with Crippen LogP contribution in [0.25, 0.3) is 0 Å². The molecule has 2 heterocycles. The molecule has 0 fully saturated rings. The van der Waals surface area contributed by atoms with Gasteiger partial charge in [0.15, 0.2) is 0 Å². The molecule has 1 amide bonds. The third-order valence-electron chi connectivity index (χ3n) is 3.76. The monoisotopic (exact) mass is 354 g/mol. The van der Waals surface area contributed by atoms with Crippen LogP contribution in [0.4, 0.5) is 0 Å². The molecule has 7 nitrogen and oxygen atoms in total. The first-order valence-corrected chi connectivity index (χ1v) is 9.68. The Kier molecular flexibility index (Phi) is 4.51. The molecule has 0 bridgehead atoms. The van der Waals surface area contributed by atoms with Crippen molar-refractivity contribution in [2.75, 3.05) is 0 Å². The molecular weight excluding hydrogens is 336 g/mol. The van der Waals surface area contributed by atoms with Gasteiger partial charge in [0.2, 0.25) is 0 Å². The Hall–Kier alpha value is -1.71. The predicted molar refractivity (Wildman–Crippen MR) is 86.6 cm³/mol. The van der Waals surface area contributed by atoms with Crippen LogP contribution in [0.1, 0.15) is 39.4 Å². The SMILES string of the molecule is Cn1cc(S(=O)(=O)NNC(=O)c2cc3c(s2)CCCCC3)cn1. The highest BCUT2D eigenvalue weighted by molar-refractivity contribution is 7.89. The number of hydrogen-bond acceptors (Lipinski definition) is 5.